The molecule has 0 aliphatic carbocycles. The van der Waals surface area contributed by atoms with Gasteiger partial charge in [-0.3, -0.25) is 14.4 Å². The lowest BCUT2D eigenvalue weighted by Gasteiger charge is -2.28. The lowest BCUT2D eigenvalue weighted by atomic mass is 10.0. The van der Waals surface area contributed by atoms with Crippen molar-refractivity contribution in [1.29, 1.82) is 0 Å². The van der Waals surface area contributed by atoms with Crippen LogP contribution in [0.3, 0.4) is 0 Å². The minimum absolute atomic E-state index is 0.0442. The van der Waals surface area contributed by atoms with Gasteiger partial charge < -0.3 is 37.2 Å². The van der Waals surface area contributed by atoms with Gasteiger partial charge in [-0.05, 0) is 49.9 Å². The van der Waals surface area contributed by atoms with Crippen molar-refractivity contribution < 1.29 is 29.4 Å². The molecule has 1 aliphatic heterocycles. The number of aliphatic carboxylic acids is 1. The Morgan fingerprint density at radius 1 is 1.11 bits per heavy atom. The molecule has 0 bridgehead atoms. The van der Waals surface area contributed by atoms with Crippen molar-refractivity contribution in [3.05, 3.63) is 29.8 Å². The van der Waals surface area contributed by atoms with E-state index in [1.54, 1.807) is 12.1 Å². The van der Waals surface area contributed by atoms with E-state index in [-0.39, 0.29) is 23.8 Å². The number of rotatable bonds is 13. The maximum absolute atomic E-state index is 13.2. The highest BCUT2D eigenvalue weighted by atomic mass is 32.1. The van der Waals surface area contributed by atoms with Crippen LogP contribution in [0.1, 0.15) is 37.7 Å². The monoisotopic (exact) mass is 509 g/mol. The van der Waals surface area contributed by atoms with Gasteiger partial charge in [0, 0.05) is 18.7 Å². The fourth-order valence-corrected chi connectivity index (χ4v) is 4.20. The van der Waals surface area contributed by atoms with Crippen molar-refractivity contribution in [2.24, 2.45) is 11.5 Å². The third-order valence-corrected chi connectivity index (χ3v) is 6.30. The van der Waals surface area contributed by atoms with Crippen molar-refractivity contribution in [3.63, 3.8) is 0 Å². The molecule has 194 valence electrons. The number of carboxylic acids is 1. The molecular formula is C23H35N5O6S. The quantitative estimate of drug-likeness (QED) is 0.135. The zero-order valence-electron chi connectivity index (χ0n) is 19.6. The number of aromatic hydroxyl groups is 1. The molecule has 1 fully saturated rings. The minimum atomic E-state index is -1.25. The number of nitrogens with zero attached hydrogens (tertiary/aromatic N) is 1. The molecule has 1 aromatic rings. The molecule has 3 amide bonds. The summed E-state index contributed by atoms with van der Waals surface area (Å²) in [5.74, 6) is -2.86. The standard InChI is InChI=1S/C23H35N5O6S/c24-10-2-1-4-16(25)22(32)28-11-3-5-19(28)21(31)26-17(12-14-6-8-15(29)9-7-14)20(30)27-18(13-35)23(33)34/h6-9,16-19,29,35H,1-5,10-13,24-25H2,(H,26,31)(H,27,30)(H,33,34). The average molecular weight is 510 g/mol. The lowest BCUT2D eigenvalue weighted by molar-refractivity contribution is -0.142. The van der Waals surface area contributed by atoms with Gasteiger partial charge in [-0.1, -0.05) is 18.6 Å². The second-order valence-electron chi connectivity index (χ2n) is 8.59. The molecule has 35 heavy (non-hydrogen) atoms. The molecule has 4 unspecified atom stereocenters. The first kappa shape index (κ1) is 28.4. The van der Waals surface area contributed by atoms with Gasteiger partial charge in [0.15, 0.2) is 0 Å². The van der Waals surface area contributed by atoms with Crippen LogP contribution in [0.15, 0.2) is 24.3 Å². The van der Waals surface area contributed by atoms with Gasteiger partial charge in [0.2, 0.25) is 17.7 Å². The number of carbonyl (C=O) groups excluding carboxylic acids is 3. The summed E-state index contributed by atoms with van der Waals surface area (Å²) >= 11 is 3.96. The van der Waals surface area contributed by atoms with E-state index in [2.05, 4.69) is 23.3 Å². The van der Waals surface area contributed by atoms with Crippen LogP contribution in [-0.2, 0) is 25.6 Å². The zero-order valence-corrected chi connectivity index (χ0v) is 20.5. The van der Waals surface area contributed by atoms with E-state index in [1.165, 1.54) is 17.0 Å². The Morgan fingerprint density at radius 3 is 2.40 bits per heavy atom. The van der Waals surface area contributed by atoms with Crippen LogP contribution in [0.5, 0.6) is 5.75 Å². The Hall–Kier alpha value is -2.83. The first-order valence-electron chi connectivity index (χ1n) is 11.7. The molecule has 0 saturated carbocycles. The second kappa shape index (κ2) is 13.9. The Labute approximate surface area is 210 Å². The molecule has 1 aromatic carbocycles. The topological polar surface area (TPSA) is 188 Å². The Balaban J connectivity index is 2.14. The third-order valence-electron chi connectivity index (χ3n) is 5.93. The predicted molar refractivity (Wildman–Crippen MR) is 133 cm³/mol. The first-order chi connectivity index (χ1) is 16.7. The minimum Gasteiger partial charge on any atom is -0.508 e. The number of nitrogens with one attached hydrogen (secondary N) is 2. The molecule has 11 nitrogen and oxygen atoms in total. The van der Waals surface area contributed by atoms with E-state index in [0.717, 1.165) is 6.42 Å². The van der Waals surface area contributed by atoms with E-state index in [0.29, 0.717) is 44.3 Å². The smallest absolute Gasteiger partial charge is 0.327 e. The van der Waals surface area contributed by atoms with Crippen molar-refractivity contribution in [3.8, 4) is 5.75 Å². The van der Waals surface area contributed by atoms with Crippen LogP contribution in [0.25, 0.3) is 0 Å². The number of phenolic OH excluding ortho intramolecular Hbond substituents is 1. The van der Waals surface area contributed by atoms with Gasteiger partial charge >= 0.3 is 5.97 Å². The summed E-state index contributed by atoms with van der Waals surface area (Å²) in [7, 11) is 0. The van der Waals surface area contributed by atoms with E-state index in [1.807, 2.05) is 0 Å². The van der Waals surface area contributed by atoms with Crippen molar-refractivity contribution in [2.75, 3.05) is 18.8 Å². The SMILES string of the molecule is NCCCCC(N)C(=O)N1CCCC1C(=O)NC(Cc1ccc(O)cc1)C(=O)NC(CS)C(=O)O. The number of likely N-dealkylation sites (tertiary alicyclic amines) is 1. The van der Waals surface area contributed by atoms with Gasteiger partial charge in [0.25, 0.3) is 0 Å². The number of hydrogen-bond acceptors (Lipinski definition) is 8. The number of carbonyl (C=O) groups is 4. The first-order valence-corrected chi connectivity index (χ1v) is 12.3. The highest BCUT2D eigenvalue weighted by Gasteiger charge is 2.37. The number of benzene rings is 1. The predicted octanol–water partition coefficient (Wildman–Crippen LogP) is -0.634. The lowest BCUT2D eigenvalue weighted by Crippen LogP contribution is -2.57. The largest absolute Gasteiger partial charge is 0.508 e. The number of phenols is 1. The molecular weight excluding hydrogens is 474 g/mol. The number of nitrogens with two attached hydrogens (primary N) is 2. The van der Waals surface area contributed by atoms with Gasteiger partial charge in [0.1, 0.15) is 23.9 Å². The molecule has 8 N–H and O–H groups in total. The molecule has 12 heteroatoms. The molecule has 0 radical (unpaired) electrons. The summed E-state index contributed by atoms with van der Waals surface area (Å²) in [6, 6.07) is 2.23. The fraction of sp³-hybridized carbons (Fsp3) is 0.565. The van der Waals surface area contributed by atoms with E-state index in [4.69, 9.17) is 11.5 Å². The van der Waals surface area contributed by atoms with Crippen molar-refractivity contribution in [2.45, 2.75) is 62.7 Å². The van der Waals surface area contributed by atoms with Gasteiger partial charge in [-0.25, -0.2) is 4.79 Å². The second-order valence-corrected chi connectivity index (χ2v) is 8.96. The van der Waals surface area contributed by atoms with Crippen molar-refractivity contribution in [1.82, 2.24) is 15.5 Å². The van der Waals surface area contributed by atoms with E-state index < -0.39 is 42.0 Å². The summed E-state index contributed by atoms with van der Waals surface area (Å²) in [5, 5.41) is 23.8. The van der Waals surface area contributed by atoms with Crippen LogP contribution in [0.2, 0.25) is 0 Å². The summed E-state index contributed by atoms with van der Waals surface area (Å²) in [4.78, 5) is 51.8. The zero-order chi connectivity index (χ0) is 26.0. The number of carboxylic acid groups (broad SMARTS) is 1. The maximum Gasteiger partial charge on any atom is 0.327 e. The van der Waals surface area contributed by atoms with Crippen molar-refractivity contribution >= 4 is 36.3 Å². The highest BCUT2D eigenvalue weighted by molar-refractivity contribution is 7.80. The Kier molecular flexibility index (Phi) is 11.3. The normalized spacial score (nSPS) is 17.9. The molecule has 0 spiro atoms. The van der Waals surface area contributed by atoms with Gasteiger partial charge in [-0.15, -0.1) is 0 Å². The van der Waals surface area contributed by atoms with Crippen LogP contribution in [0, 0.1) is 0 Å². The van der Waals surface area contributed by atoms with E-state index in [9.17, 15) is 29.4 Å². The number of thiol groups is 1. The van der Waals surface area contributed by atoms with Crippen LogP contribution in [0.4, 0.5) is 0 Å². The van der Waals surface area contributed by atoms with Crippen LogP contribution >= 0.6 is 12.6 Å². The Bertz CT molecular complexity index is 884. The summed E-state index contributed by atoms with van der Waals surface area (Å²) in [6.45, 7) is 0.896. The highest BCUT2D eigenvalue weighted by Crippen LogP contribution is 2.20. The Morgan fingerprint density at radius 2 is 1.80 bits per heavy atom. The molecule has 0 aromatic heterocycles. The molecule has 4 atom stereocenters. The fourth-order valence-electron chi connectivity index (χ4n) is 3.95. The average Bonchev–Trinajstić information content (AvgIpc) is 3.32. The number of amides is 3. The van der Waals surface area contributed by atoms with Gasteiger partial charge in [0.05, 0.1) is 6.04 Å². The summed E-state index contributed by atoms with van der Waals surface area (Å²) in [5.41, 5.74) is 12.2. The van der Waals surface area contributed by atoms with Crippen LogP contribution < -0.4 is 22.1 Å². The maximum atomic E-state index is 13.2. The van der Waals surface area contributed by atoms with Gasteiger partial charge in [-0.2, -0.15) is 12.6 Å². The molecule has 1 aliphatic rings. The summed E-state index contributed by atoms with van der Waals surface area (Å²) < 4.78 is 0. The summed E-state index contributed by atoms with van der Waals surface area (Å²) in [6.07, 6.45) is 3.02. The number of hydrogen-bond donors (Lipinski definition) is 7. The molecule has 1 heterocycles. The molecule has 1 saturated heterocycles. The van der Waals surface area contributed by atoms with Crippen LogP contribution in [-0.4, -0.2) is 81.8 Å². The number of unbranched alkanes of at least 4 members (excludes halogenated alkanes) is 1. The van der Waals surface area contributed by atoms with E-state index >= 15 is 0 Å². The third kappa shape index (κ3) is 8.41. The molecule has 2 rings (SSSR count).